The number of anilines is 1. The molecule has 9 heteroatoms. The summed E-state index contributed by atoms with van der Waals surface area (Å²) in [5, 5.41) is 2.13. The molecule has 0 bridgehead atoms. The van der Waals surface area contributed by atoms with E-state index in [0.29, 0.717) is 16.7 Å². The summed E-state index contributed by atoms with van der Waals surface area (Å²) in [5.74, 6) is -12.4. The van der Waals surface area contributed by atoms with Crippen LogP contribution in [0.1, 0.15) is 21.5 Å². The van der Waals surface area contributed by atoms with Crippen LogP contribution in [0.25, 0.3) is 22.6 Å². The Bertz CT molecular complexity index is 1300. The quantitative estimate of drug-likeness (QED) is 0.243. The van der Waals surface area contributed by atoms with E-state index in [-0.39, 0.29) is 11.6 Å². The number of benzene rings is 3. The number of carbonyl (C=O) groups is 1. The SMILES string of the molecule is Cc1cc2nc(-c3cccc(NC(=O)c4c(F)c(F)c(F)c(F)c4F)c3)oc2cc1C. The number of fused-ring (bicyclic) bond motifs is 1. The Balaban J connectivity index is 1.68. The van der Waals surface area contributed by atoms with Gasteiger partial charge in [-0.25, -0.2) is 26.9 Å². The third-order valence-electron chi connectivity index (χ3n) is 4.81. The smallest absolute Gasteiger partial charge is 0.261 e. The Labute approximate surface area is 172 Å². The van der Waals surface area contributed by atoms with Gasteiger partial charge in [-0.3, -0.25) is 4.79 Å². The molecule has 0 fully saturated rings. The fourth-order valence-electron chi connectivity index (χ4n) is 3.03. The lowest BCUT2D eigenvalue weighted by Gasteiger charge is -2.09. The molecule has 0 aliphatic rings. The van der Waals surface area contributed by atoms with Gasteiger partial charge in [-0.1, -0.05) is 6.07 Å². The van der Waals surface area contributed by atoms with Crippen molar-refractivity contribution in [3.8, 4) is 11.5 Å². The van der Waals surface area contributed by atoms with Crippen molar-refractivity contribution in [2.75, 3.05) is 5.32 Å². The van der Waals surface area contributed by atoms with E-state index in [1.54, 1.807) is 6.07 Å². The summed E-state index contributed by atoms with van der Waals surface area (Å²) in [6, 6.07) is 9.59. The number of halogens is 5. The predicted octanol–water partition coefficient (Wildman–Crippen LogP) is 6.06. The number of aryl methyl sites for hydroxylation is 2. The van der Waals surface area contributed by atoms with Crippen LogP contribution >= 0.6 is 0 Å². The van der Waals surface area contributed by atoms with Crippen molar-refractivity contribution in [1.29, 1.82) is 0 Å². The molecule has 0 atom stereocenters. The summed E-state index contributed by atoms with van der Waals surface area (Å²) in [4.78, 5) is 16.6. The Hall–Kier alpha value is -3.75. The largest absolute Gasteiger partial charge is 0.436 e. The van der Waals surface area contributed by atoms with Crippen LogP contribution in [0.15, 0.2) is 40.8 Å². The van der Waals surface area contributed by atoms with Crippen molar-refractivity contribution >= 4 is 22.7 Å². The first-order valence-corrected chi connectivity index (χ1v) is 8.98. The van der Waals surface area contributed by atoms with Crippen LogP contribution in [0.5, 0.6) is 0 Å². The monoisotopic (exact) mass is 432 g/mol. The topological polar surface area (TPSA) is 55.1 Å². The number of nitrogens with zero attached hydrogens (tertiary/aromatic N) is 1. The molecule has 1 aromatic heterocycles. The second kappa shape index (κ2) is 7.50. The molecule has 3 aromatic carbocycles. The molecular weight excluding hydrogens is 419 g/mol. The molecule has 0 radical (unpaired) electrons. The molecule has 4 rings (SSSR count). The molecule has 1 N–H and O–H groups in total. The lowest BCUT2D eigenvalue weighted by molar-refractivity contribution is 0.101. The van der Waals surface area contributed by atoms with Gasteiger partial charge in [-0.15, -0.1) is 0 Å². The van der Waals surface area contributed by atoms with Gasteiger partial charge in [0.15, 0.2) is 28.9 Å². The van der Waals surface area contributed by atoms with Crippen LogP contribution in [0, 0.1) is 42.9 Å². The normalized spacial score (nSPS) is 11.2. The van der Waals surface area contributed by atoms with Gasteiger partial charge in [-0.05, 0) is 55.3 Å². The maximum absolute atomic E-state index is 13.9. The van der Waals surface area contributed by atoms with Gasteiger partial charge in [0.2, 0.25) is 11.7 Å². The molecule has 1 heterocycles. The number of rotatable bonds is 3. The standard InChI is InChI=1S/C22H13F5N2O2/c1-9-6-13-14(7-10(9)2)31-22(29-13)11-4-3-5-12(8-11)28-21(30)15-16(23)18(25)20(27)19(26)17(15)24/h3-8H,1-2H3,(H,28,30). The maximum atomic E-state index is 13.9. The third-order valence-corrected chi connectivity index (χ3v) is 4.81. The molecule has 0 aliphatic carbocycles. The number of nitrogens with one attached hydrogen (secondary N) is 1. The fourth-order valence-corrected chi connectivity index (χ4v) is 3.03. The first-order chi connectivity index (χ1) is 14.7. The molecule has 0 saturated heterocycles. The first-order valence-electron chi connectivity index (χ1n) is 8.98. The van der Waals surface area contributed by atoms with Crippen LogP contribution < -0.4 is 5.32 Å². The molecule has 31 heavy (non-hydrogen) atoms. The van der Waals surface area contributed by atoms with Crippen LogP contribution in [-0.2, 0) is 0 Å². The van der Waals surface area contributed by atoms with Gasteiger partial charge >= 0.3 is 0 Å². The van der Waals surface area contributed by atoms with Crippen molar-refractivity contribution in [1.82, 2.24) is 4.98 Å². The van der Waals surface area contributed by atoms with Gasteiger partial charge < -0.3 is 9.73 Å². The minimum Gasteiger partial charge on any atom is -0.436 e. The van der Waals surface area contributed by atoms with Crippen molar-refractivity contribution < 1.29 is 31.2 Å². The third kappa shape index (κ3) is 3.52. The number of hydrogen-bond donors (Lipinski definition) is 1. The predicted molar refractivity (Wildman–Crippen MR) is 103 cm³/mol. The molecular formula is C22H13F5N2O2. The molecule has 158 valence electrons. The van der Waals surface area contributed by atoms with E-state index in [1.165, 1.54) is 18.2 Å². The zero-order chi connectivity index (χ0) is 22.4. The summed E-state index contributed by atoms with van der Waals surface area (Å²) < 4.78 is 73.4. The lowest BCUT2D eigenvalue weighted by atomic mass is 10.1. The Morgan fingerprint density at radius 2 is 1.48 bits per heavy atom. The average Bonchev–Trinajstić information content (AvgIpc) is 3.14. The fraction of sp³-hybridized carbons (Fsp3) is 0.0909. The first kappa shape index (κ1) is 20.5. The van der Waals surface area contributed by atoms with Gasteiger partial charge in [0.25, 0.3) is 5.91 Å². The van der Waals surface area contributed by atoms with Crippen LogP contribution in [-0.4, -0.2) is 10.9 Å². The second-order valence-corrected chi connectivity index (χ2v) is 6.90. The average molecular weight is 432 g/mol. The van der Waals surface area contributed by atoms with Crippen molar-refractivity contribution in [3.63, 3.8) is 0 Å². The zero-order valence-electron chi connectivity index (χ0n) is 16.1. The van der Waals surface area contributed by atoms with Crippen LogP contribution in [0.3, 0.4) is 0 Å². The number of carbonyl (C=O) groups excluding carboxylic acids is 1. The van der Waals surface area contributed by atoms with E-state index in [9.17, 15) is 26.7 Å². The number of amides is 1. The van der Waals surface area contributed by atoms with Crippen LogP contribution in [0.4, 0.5) is 27.6 Å². The minimum atomic E-state index is -2.34. The summed E-state index contributed by atoms with van der Waals surface area (Å²) >= 11 is 0. The van der Waals surface area contributed by atoms with E-state index in [4.69, 9.17) is 4.42 Å². The highest BCUT2D eigenvalue weighted by molar-refractivity contribution is 6.05. The number of hydrogen-bond acceptors (Lipinski definition) is 3. The highest BCUT2D eigenvalue weighted by atomic mass is 19.2. The van der Waals surface area contributed by atoms with Gasteiger partial charge in [0.05, 0.1) is 0 Å². The summed E-state index contributed by atoms with van der Waals surface area (Å²) in [6.07, 6.45) is 0. The van der Waals surface area contributed by atoms with E-state index in [1.807, 2.05) is 26.0 Å². The Morgan fingerprint density at radius 3 is 2.16 bits per heavy atom. The molecule has 0 unspecified atom stereocenters. The van der Waals surface area contributed by atoms with Crippen molar-refractivity contribution in [3.05, 3.63) is 82.2 Å². The lowest BCUT2D eigenvalue weighted by Crippen LogP contribution is -2.19. The molecule has 0 saturated carbocycles. The van der Waals surface area contributed by atoms with E-state index in [2.05, 4.69) is 10.3 Å². The number of aromatic nitrogens is 1. The molecule has 0 spiro atoms. The van der Waals surface area contributed by atoms with E-state index < -0.39 is 40.6 Å². The highest BCUT2D eigenvalue weighted by Crippen LogP contribution is 2.29. The van der Waals surface area contributed by atoms with Gasteiger partial charge in [0.1, 0.15) is 11.1 Å². The van der Waals surface area contributed by atoms with E-state index in [0.717, 1.165) is 11.1 Å². The number of oxazole rings is 1. The van der Waals surface area contributed by atoms with Crippen LogP contribution in [0.2, 0.25) is 0 Å². The highest BCUT2D eigenvalue weighted by Gasteiger charge is 2.29. The second-order valence-electron chi connectivity index (χ2n) is 6.90. The molecule has 4 aromatic rings. The van der Waals surface area contributed by atoms with E-state index >= 15 is 0 Å². The zero-order valence-corrected chi connectivity index (χ0v) is 16.1. The minimum absolute atomic E-state index is 0.0426. The molecule has 0 aliphatic heterocycles. The van der Waals surface area contributed by atoms with Gasteiger partial charge in [0, 0.05) is 11.3 Å². The Morgan fingerprint density at radius 1 is 0.871 bits per heavy atom. The maximum Gasteiger partial charge on any atom is 0.261 e. The molecule has 4 nitrogen and oxygen atoms in total. The van der Waals surface area contributed by atoms with Crippen molar-refractivity contribution in [2.24, 2.45) is 0 Å². The Kier molecular flexibility index (Phi) is 4.96. The van der Waals surface area contributed by atoms with Gasteiger partial charge in [-0.2, -0.15) is 0 Å². The summed E-state index contributed by atoms with van der Waals surface area (Å²) in [6.45, 7) is 3.85. The van der Waals surface area contributed by atoms with Crippen molar-refractivity contribution in [2.45, 2.75) is 13.8 Å². The molecule has 1 amide bonds. The summed E-state index contributed by atoms with van der Waals surface area (Å²) in [7, 11) is 0. The summed E-state index contributed by atoms with van der Waals surface area (Å²) in [5.41, 5.74) is 2.11.